The number of carbonyl (C=O) groups excluding carboxylic acids is 2. The minimum atomic E-state index is -1.38. The highest BCUT2D eigenvalue weighted by Crippen LogP contribution is 2.24. The van der Waals surface area contributed by atoms with Gasteiger partial charge in [0.25, 0.3) is 5.91 Å². The number of nitrogens with two attached hydrogens (primary N) is 1. The van der Waals surface area contributed by atoms with E-state index in [0.29, 0.717) is 10.8 Å². The summed E-state index contributed by atoms with van der Waals surface area (Å²) in [5, 5.41) is 11.3. The standard InChI is InChI=1S/C13H15ClN2O5/c1-7-2-3-8(14)10(4-7)21-6-12(18)16-9(13(19)20)5-11(15)17/h2-4,9H,5-6H2,1H3,(H2,15,17)(H,16,18)(H,19,20)/t9-/m0/s1. The Bertz CT molecular complexity index is 561. The summed E-state index contributed by atoms with van der Waals surface area (Å²) in [6.07, 6.45) is -0.494. The summed E-state index contributed by atoms with van der Waals surface area (Å²) in [5.74, 6) is -2.56. The largest absolute Gasteiger partial charge is 0.482 e. The fourth-order valence-corrected chi connectivity index (χ4v) is 1.67. The van der Waals surface area contributed by atoms with Crippen molar-refractivity contribution < 1.29 is 24.2 Å². The van der Waals surface area contributed by atoms with Crippen molar-refractivity contribution in [3.63, 3.8) is 0 Å². The lowest BCUT2D eigenvalue weighted by Gasteiger charge is -2.13. The Kier molecular flexibility index (Phi) is 5.98. The molecule has 0 aliphatic heterocycles. The monoisotopic (exact) mass is 314 g/mol. The number of hydrogen-bond acceptors (Lipinski definition) is 4. The Labute approximate surface area is 126 Å². The first kappa shape index (κ1) is 16.8. The number of nitrogens with one attached hydrogen (secondary N) is 1. The Hall–Kier alpha value is -2.28. The molecule has 114 valence electrons. The van der Waals surface area contributed by atoms with Crippen LogP contribution in [-0.4, -0.2) is 35.5 Å². The summed E-state index contributed by atoms with van der Waals surface area (Å²) >= 11 is 5.89. The number of hydrogen-bond donors (Lipinski definition) is 3. The number of aliphatic carboxylic acids is 1. The third-order valence-electron chi connectivity index (χ3n) is 2.48. The maximum absolute atomic E-state index is 11.6. The number of halogens is 1. The van der Waals surface area contributed by atoms with Gasteiger partial charge in [0.15, 0.2) is 6.61 Å². The molecule has 1 aromatic carbocycles. The van der Waals surface area contributed by atoms with E-state index in [4.69, 9.17) is 27.2 Å². The minimum absolute atomic E-state index is 0.314. The molecule has 0 aliphatic carbocycles. The summed E-state index contributed by atoms with van der Waals surface area (Å²) < 4.78 is 5.21. The molecule has 0 spiro atoms. The number of rotatable bonds is 7. The third kappa shape index (κ3) is 5.70. The van der Waals surface area contributed by atoms with Crippen LogP contribution in [0.1, 0.15) is 12.0 Å². The molecule has 0 aromatic heterocycles. The molecular formula is C13H15ClN2O5. The maximum atomic E-state index is 11.6. The molecule has 0 heterocycles. The quantitative estimate of drug-likeness (QED) is 0.676. The molecule has 0 radical (unpaired) electrons. The van der Waals surface area contributed by atoms with E-state index in [1.54, 1.807) is 18.2 Å². The van der Waals surface area contributed by atoms with Crippen LogP contribution in [0.15, 0.2) is 18.2 Å². The predicted octanol–water partition coefficient (Wildman–Crippen LogP) is 0.472. The second-order valence-electron chi connectivity index (χ2n) is 4.35. The van der Waals surface area contributed by atoms with Crippen molar-refractivity contribution in [1.82, 2.24) is 5.32 Å². The van der Waals surface area contributed by atoms with Crippen LogP contribution in [0.25, 0.3) is 0 Å². The van der Waals surface area contributed by atoms with Crippen molar-refractivity contribution in [1.29, 1.82) is 0 Å². The summed E-state index contributed by atoms with van der Waals surface area (Å²) in [6.45, 7) is 1.41. The highest BCUT2D eigenvalue weighted by atomic mass is 35.5. The number of aryl methyl sites for hydroxylation is 1. The van der Waals surface area contributed by atoms with Crippen LogP contribution in [0.3, 0.4) is 0 Å². The first-order valence-corrected chi connectivity index (χ1v) is 6.37. The summed E-state index contributed by atoms with van der Waals surface area (Å²) in [4.78, 5) is 33.2. The topological polar surface area (TPSA) is 119 Å². The van der Waals surface area contributed by atoms with Gasteiger partial charge in [0.1, 0.15) is 11.8 Å². The Morgan fingerprint density at radius 2 is 2.10 bits per heavy atom. The maximum Gasteiger partial charge on any atom is 0.326 e. The van der Waals surface area contributed by atoms with E-state index in [9.17, 15) is 14.4 Å². The first-order chi connectivity index (χ1) is 9.79. The van der Waals surface area contributed by atoms with Gasteiger partial charge in [-0.15, -0.1) is 0 Å². The van der Waals surface area contributed by atoms with E-state index in [-0.39, 0.29) is 0 Å². The van der Waals surface area contributed by atoms with Crippen molar-refractivity contribution in [3.8, 4) is 5.75 Å². The third-order valence-corrected chi connectivity index (χ3v) is 2.80. The molecule has 0 bridgehead atoms. The molecule has 7 nitrogen and oxygen atoms in total. The van der Waals surface area contributed by atoms with Crippen molar-refractivity contribution in [2.75, 3.05) is 6.61 Å². The van der Waals surface area contributed by atoms with Crippen LogP contribution in [0.4, 0.5) is 0 Å². The molecule has 0 saturated carbocycles. The van der Waals surface area contributed by atoms with Crippen LogP contribution in [-0.2, 0) is 14.4 Å². The molecule has 0 aliphatic rings. The molecule has 2 amide bonds. The van der Waals surface area contributed by atoms with Crippen LogP contribution in [0.2, 0.25) is 5.02 Å². The van der Waals surface area contributed by atoms with E-state index in [1.165, 1.54) is 0 Å². The summed E-state index contributed by atoms with van der Waals surface area (Å²) in [7, 11) is 0. The number of ether oxygens (including phenoxy) is 1. The highest BCUT2D eigenvalue weighted by Gasteiger charge is 2.22. The zero-order valence-corrected chi connectivity index (χ0v) is 12.0. The molecule has 0 saturated heterocycles. The average molecular weight is 315 g/mol. The molecule has 0 unspecified atom stereocenters. The van der Waals surface area contributed by atoms with Gasteiger partial charge in [-0.25, -0.2) is 4.79 Å². The Morgan fingerprint density at radius 1 is 1.43 bits per heavy atom. The Morgan fingerprint density at radius 3 is 2.67 bits per heavy atom. The molecule has 4 N–H and O–H groups in total. The number of primary amides is 1. The van der Waals surface area contributed by atoms with Gasteiger partial charge in [0.2, 0.25) is 5.91 Å². The molecule has 1 rings (SSSR count). The van der Waals surface area contributed by atoms with Gasteiger partial charge in [-0.1, -0.05) is 17.7 Å². The van der Waals surface area contributed by atoms with Gasteiger partial charge in [-0.3, -0.25) is 9.59 Å². The lowest BCUT2D eigenvalue weighted by atomic mass is 10.2. The Balaban J connectivity index is 2.58. The number of benzene rings is 1. The van der Waals surface area contributed by atoms with Crippen LogP contribution >= 0.6 is 11.6 Å². The number of carboxylic acids is 1. The van der Waals surface area contributed by atoms with E-state index in [1.807, 2.05) is 6.92 Å². The van der Waals surface area contributed by atoms with Gasteiger partial charge in [-0.05, 0) is 24.6 Å². The molecule has 1 atom stereocenters. The second-order valence-corrected chi connectivity index (χ2v) is 4.76. The fourth-order valence-electron chi connectivity index (χ4n) is 1.50. The van der Waals surface area contributed by atoms with Gasteiger partial charge < -0.3 is 20.9 Å². The number of amides is 2. The lowest BCUT2D eigenvalue weighted by Crippen LogP contribution is -2.45. The van der Waals surface area contributed by atoms with Gasteiger partial charge >= 0.3 is 5.97 Å². The highest BCUT2D eigenvalue weighted by molar-refractivity contribution is 6.32. The van der Waals surface area contributed by atoms with Crippen molar-refractivity contribution in [3.05, 3.63) is 28.8 Å². The zero-order chi connectivity index (χ0) is 16.0. The first-order valence-electron chi connectivity index (χ1n) is 5.99. The van der Waals surface area contributed by atoms with E-state index in [2.05, 4.69) is 5.32 Å². The molecule has 1 aromatic rings. The van der Waals surface area contributed by atoms with E-state index < -0.39 is 36.9 Å². The van der Waals surface area contributed by atoms with Gasteiger partial charge in [0, 0.05) is 0 Å². The SMILES string of the molecule is Cc1ccc(Cl)c(OCC(=O)N[C@@H](CC(N)=O)C(=O)O)c1. The smallest absolute Gasteiger partial charge is 0.326 e. The van der Waals surface area contributed by atoms with Gasteiger partial charge in [-0.2, -0.15) is 0 Å². The predicted molar refractivity (Wildman–Crippen MR) is 75.1 cm³/mol. The lowest BCUT2D eigenvalue weighted by molar-refractivity contribution is -0.143. The van der Waals surface area contributed by atoms with Crippen LogP contribution in [0.5, 0.6) is 5.75 Å². The molecular weight excluding hydrogens is 300 g/mol. The van der Waals surface area contributed by atoms with Crippen molar-refractivity contribution in [2.45, 2.75) is 19.4 Å². The molecule has 21 heavy (non-hydrogen) atoms. The van der Waals surface area contributed by atoms with E-state index >= 15 is 0 Å². The van der Waals surface area contributed by atoms with Gasteiger partial charge in [0.05, 0.1) is 11.4 Å². The average Bonchev–Trinajstić information content (AvgIpc) is 2.38. The minimum Gasteiger partial charge on any atom is -0.482 e. The van der Waals surface area contributed by atoms with Crippen LogP contribution < -0.4 is 15.8 Å². The van der Waals surface area contributed by atoms with Crippen molar-refractivity contribution in [2.24, 2.45) is 5.73 Å². The summed E-state index contributed by atoms with van der Waals surface area (Å²) in [5.41, 5.74) is 5.80. The second kappa shape index (κ2) is 7.49. The molecule has 8 heteroatoms. The van der Waals surface area contributed by atoms with Crippen LogP contribution in [0, 0.1) is 6.92 Å². The number of carbonyl (C=O) groups is 3. The summed E-state index contributed by atoms with van der Waals surface area (Å²) in [6, 6.07) is 3.67. The number of carboxylic acid groups (broad SMARTS) is 1. The molecule has 0 fully saturated rings. The van der Waals surface area contributed by atoms with E-state index in [0.717, 1.165) is 5.56 Å². The van der Waals surface area contributed by atoms with Crippen molar-refractivity contribution >= 4 is 29.4 Å². The fraction of sp³-hybridized carbons (Fsp3) is 0.308. The normalized spacial score (nSPS) is 11.5. The zero-order valence-electron chi connectivity index (χ0n) is 11.3.